The molecule has 0 spiro atoms. The molecule has 1 amide bonds. The van der Waals surface area contributed by atoms with Gasteiger partial charge in [0.05, 0.1) is 12.7 Å². The highest BCUT2D eigenvalue weighted by Crippen LogP contribution is 2.19. The monoisotopic (exact) mass is 211 g/mol. The van der Waals surface area contributed by atoms with E-state index in [1.54, 1.807) is 6.92 Å². The maximum absolute atomic E-state index is 11.1. The Kier molecular flexibility index (Phi) is 5.40. The van der Waals surface area contributed by atoms with Gasteiger partial charge in [0.1, 0.15) is 0 Å². The molecule has 0 unspecified atom stereocenters. The van der Waals surface area contributed by atoms with Crippen molar-refractivity contribution in [1.82, 2.24) is 5.32 Å². The van der Waals surface area contributed by atoms with Gasteiger partial charge in [-0.05, 0) is 19.8 Å². The zero-order valence-corrected chi connectivity index (χ0v) is 9.55. The molecule has 1 N–H and O–H groups in total. The van der Waals surface area contributed by atoms with Crippen molar-refractivity contribution in [2.45, 2.75) is 45.1 Å². The van der Waals surface area contributed by atoms with Crippen molar-refractivity contribution in [2.75, 3.05) is 13.2 Å². The van der Waals surface area contributed by atoms with E-state index in [1.165, 1.54) is 32.1 Å². The van der Waals surface area contributed by atoms with Crippen LogP contribution in [-0.4, -0.2) is 25.2 Å². The summed E-state index contributed by atoms with van der Waals surface area (Å²) in [6.07, 6.45) is 6.67. The lowest BCUT2D eigenvalue weighted by Gasteiger charge is -2.21. The van der Waals surface area contributed by atoms with E-state index >= 15 is 0 Å². The summed E-state index contributed by atoms with van der Waals surface area (Å²) in [4.78, 5) is 11.1. The van der Waals surface area contributed by atoms with E-state index in [4.69, 9.17) is 4.74 Å². The normalized spacial score (nSPS) is 17.4. The largest absolute Gasteiger partial charge is 0.376 e. The second kappa shape index (κ2) is 6.62. The highest BCUT2D eigenvalue weighted by atomic mass is 16.5. The van der Waals surface area contributed by atoms with Crippen LogP contribution >= 0.6 is 0 Å². The fourth-order valence-electron chi connectivity index (χ4n) is 1.77. The number of amides is 1. The van der Waals surface area contributed by atoms with Gasteiger partial charge in [0.2, 0.25) is 5.91 Å². The van der Waals surface area contributed by atoms with Gasteiger partial charge in [0, 0.05) is 12.1 Å². The Balaban J connectivity index is 2.01. The van der Waals surface area contributed by atoms with Crippen LogP contribution in [0.5, 0.6) is 0 Å². The summed E-state index contributed by atoms with van der Waals surface area (Å²) in [7, 11) is 0. The van der Waals surface area contributed by atoms with Crippen molar-refractivity contribution in [3.8, 4) is 0 Å². The van der Waals surface area contributed by atoms with Crippen LogP contribution in [-0.2, 0) is 9.53 Å². The lowest BCUT2D eigenvalue weighted by Crippen LogP contribution is -2.29. The first-order valence-corrected chi connectivity index (χ1v) is 5.75. The molecule has 3 heteroatoms. The quantitative estimate of drug-likeness (QED) is 0.558. The van der Waals surface area contributed by atoms with Crippen LogP contribution < -0.4 is 5.32 Å². The van der Waals surface area contributed by atoms with Crippen molar-refractivity contribution in [1.29, 1.82) is 0 Å². The van der Waals surface area contributed by atoms with Gasteiger partial charge in [-0.15, -0.1) is 0 Å². The second-order valence-corrected chi connectivity index (χ2v) is 4.17. The number of hydrogen-bond acceptors (Lipinski definition) is 2. The number of nitrogens with one attached hydrogen (secondary N) is 1. The van der Waals surface area contributed by atoms with E-state index in [0.29, 0.717) is 24.8 Å². The van der Waals surface area contributed by atoms with E-state index in [1.807, 2.05) is 0 Å². The summed E-state index contributed by atoms with van der Waals surface area (Å²) in [5.74, 6) is -0.0813. The summed E-state index contributed by atoms with van der Waals surface area (Å²) >= 11 is 0. The molecule has 0 radical (unpaired) electrons. The topological polar surface area (TPSA) is 38.3 Å². The fourth-order valence-corrected chi connectivity index (χ4v) is 1.77. The Morgan fingerprint density at radius 3 is 2.67 bits per heavy atom. The highest BCUT2D eigenvalue weighted by molar-refractivity contribution is 5.91. The second-order valence-electron chi connectivity index (χ2n) is 4.17. The Morgan fingerprint density at radius 2 is 2.07 bits per heavy atom. The predicted molar refractivity (Wildman–Crippen MR) is 60.6 cm³/mol. The molecule has 1 fully saturated rings. The van der Waals surface area contributed by atoms with Crippen molar-refractivity contribution in [3.05, 3.63) is 12.2 Å². The summed E-state index contributed by atoms with van der Waals surface area (Å²) in [6, 6.07) is 0. The third kappa shape index (κ3) is 4.98. The van der Waals surface area contributed by atoms with E-state index < -0.39 is 0 Å². The van der Waals surface area contributed by atoms with Crippen LogP contribution in [0.1, 0.15) is 39.0 Å². The number of carbonyl (C=O) groups is 1. The Bertz CT molecular complexity index is 220. The average Bonchev–Trinajstić information content (AvgIpc) is 2.25. The molecule has 0 aliphatic heterocycles. The molecule has 3 nitrogen and oxygen atoms in total. The van der Waals surface area contributed by atoms with Crippen molar-refractivity contribution < 1.29 is 9.53 Å². The first kappa shape index (κ1) is 12.2. The van der Waals surface area contributed by atoms with Crippen LogP contribution in [0.15, 0.2) is 12.2 Å². The number of rotatable bonds is 5. The third-order valence-electron chi connectivity index (χ3n) is 2.68. The van der Waals surface area contributed by atoms with Crippen LogP contribution in [0, 0.1) is 0 Å². The molecule has 0 bridgehead atoms. The highest BCUT2D eigenvalue weighted by Gasteiger charge is 2.13. The van der Waals surface area contributed by atoms with Crippen molar-refractivity contribution in [2.24, 2.45) is 0 Å². The first-order valence-electron chi connectivity index (χ1n) is 5.75. The molecule has 1 saturated carbocycles. The lowest BCUT2D eigenvalue weighted by atomic mass is 9.98. The zero-order chi connectivity index (χ0) is 11.1. The van der Waals surface area contributed by atoms with Crippen LogP contribution in [0.25, 0.3) is 0 Å². The predicted octanol–water partition coefficient (Wildman–Crippen LogP) is 2.03. The van der Waals surface area contributed by atoms with Crippen LogP contribution in [0.2, 0.25) is 0 Å². The van der Waals surface area contributed by atoms with Gasteiger partial charge in [-0.1, -0.05) is 25.8 Å². The Labute approximate surface area is 91.9 Å². The van der Waals surface area contributed by atoms with Gasteiger partial charge in [-0.2, -0.15) is 0 Å². The third-order valence-corrected chi connectivity index (χ3v) is 2.68. The molecule has 0 atom stereocenters. The maximum Gasteiger partial charge on any atom is 0.246 e. The molecule has 1 aliphatic rings. The molecule has 86 valence electrons. The molecular formula is C12H21NO2. The minimum absolute atomic E-state index is 0.0813. The van der Waals surface area contributed by atoms with Crippen LogP contribution in [0.4, 0.5) is 0 Å². The summed E-state index contributed by atoms with van der Waals surface area (Å²) < 4.78 is 5.67. The van der Waals surface area contributed by atoms with Gasteiger partial charge in [-0.25, -0.2) is 0 Å². The molecule has 15 heavy (non-hydrogen) atoms. The first-order chi connectivity index (χ1) is 7.20. The van der Waals surface area contributed by atoms with E-state index in [0.717, 1.165) is 0 Å². The van der Waals surface area contributed by atoms with Gasteiger partial charge < -0.3 is 10.1 Å². The maximum atomic E-state index is 11.1. The minimum atomic E-state index is -0.0813. The van der Waals surface area contributed by atoms with Crippen molar-refractivity contribution in [3.63, 3.8) is 0 Å². The lowest BCUT2D eigenvalue weighted by molar-refractivity contribution is -0.117. The smallest absolute Gasteiger partial charge is 0.246 e. The van der Waals surface area contributed by atoms with Gasteiger partial charge in [0.15, 0.2) is 0 Å². The summed E-state index contributed by atoms with van der Waals surface area (Å²) in [6.45, 7) is 6.48. The molecule has 1 rings (SSSR count). The SMILES string of the molecule is C=C(C)C(=O)NCCOC1CCCCC1. The van der Waals surface area contributed by atoms with E-state index in [-0.39, 0.29) is 5.91 Å². The fraction of sp³-hybridized carbons (Fsp3) is 0.750. The summed E-state index contributed by atoms with van der Waals surface area (Å²) in [5.41, 5.74) is 0.549. The Morgan fingerprint density at radius 1 is 1.40 bits per heavy atom. The molecule has 0 saturated heterocycles. The minimum Gasteiger partial charge on any atom is -0.376 e. The van der Waals surface area contributed by atoms with E-state index in [2.05, 4.69) is 11.9 Å². The van der Waals surface area contributed by atoms with Gasteiger partial charge in [0.25, 0.3) is 0 Å². The molecule has 0 heterocycles. The molecule has 0 aromatic heterocycles. The van der Waals surface area contributed by atoms with Gasteiger partial charge in [-0.3, -0.25) is 4.79 Å². The average molecular weight is 211 g/mol. The molecular weight excluding hydrogens is 190 g/mol. The van der Waals surface area contributed by atoms with Crippen molar-refractivity contribution >= 4 is 5.91 Å². The zero-order valence-electron chi connectivity index (χ0n) is 9.55. The number of hydrogen-bond donors (Lipinski definition) is 1. The summed E-state index contributed by atoms with van der Waals surface area (Å²) in [5, 5.41) is 2.76. The Hall–Kier alpha value is -0.830. The number of ether oxygens (including phenoxy) is 1. The molecule has 0 aromatic rings. The molecule has 0 aromatic carbocycles. The van der Waals surface area contributed by atoms with Crippen LogP contribution in [0.3, 0.4) is 0 Å². The standard InChI is InChI=1S/C12H21NO2/c1-10(2)12(14)13-8-9-15-11-6-4-3-5-7-11/h11H,1,3-9H2,2H3,(H,13,14). The van der Waals surface area contributed by atoms with E-state index in [9.17, 15) is 4.79 Å². The van der Waals surface area contributed by atoms with Gasteiger partial charge >= 0.3 is 0 Å². The molecule has 1 aliphatic carbocycles. The number of carbonyl (C=O) groups excluding carboxylic acids is 1.